The molecule has 1 saturated carbocycles. The van der Waals surface area contributed by atoms with E-state index in [1.54, 1.807) is 0 Å². The molecule has 74 valence electrons. The highest BCUT2D eigenvalue weighted by Crippen LogP contribution is 2.17. The van der Waals surface area contributed by atoms with Gasteiger partial charge in [-0.1, -0.05) is 31.0 Å². The Labute approximate surface area is 85.1 Å². The standard InChI is InChI=1S/C12H16N2/c1-2-6-11(7-3-1)13-10-14-12-8-4-5-9-12/h1-3,6-7,10,12H,4-5,8-9H2,(H,13,14). The predicted molar refractivity (Wildman–Crippen MR) is 60.0 cm³/mol. The Kier molecular flexibility index (Phi) is 3.17. The van der Waals surface area contributed by atoms with Crippen LogP contribution in [0.25, 0.3) is 0 Å². The van der Waals surface area contributed by atoms with Crippen molar-refractivity contribution in [3.05, 3.63) is 30.3 Å². The maximum Gasteiger partial charge on any atom is 0.0888 e. The van der Waals surface area contributed by atoms with Gasteiger partial charge in [0.25, 0.3) is 0 Å². The normalized spacial score (nSPS) is 17.7. The number of rotatable bonds is 3. The van der Waals surface area contributed by atoms with E-state index in [2.05, 4.69) is 10.3 Å². The molecule has 1 N–H and O–H groups in total. The second-order valence-electron chi connectivity index (χ2n) is 3.74. The van der Waals surface area contributed by atoms with Crippen LogP contribution in [0.1, 0.15) is 25.7 Å². The molecule has 2 heteroatoms. The number of aliphatic imine (C=N–C) groups is 1. The van der Waals surface area contributed by atoms with Crippen molar-refractivity contribution >= 4 is 12.0 Å². The first-order valence-electron chi connectivity index (χ1n) is 5.29. The van der Waals surface area contributed by atoms with Crippen LogP contribution in [-0.2, 0) is 0 Å². The molecule has 0 saturated heterocycles. The predicted octanol–water partition coefficient (Wildman–Crippen LogP) is 2.88. The number of hydrogen-bond donors (Lipinski definition) is 1. The van der Waals surface area contributed by atoms with Gasteiger partial charge >= 0.3 is 0 Å². The minimum absolute atomic E-state index is 0.655. The quantitative estimate of drug-likeness (QED) is 0.572. The summed E-state index contributed by atoms with van der Waals surface area (Å²) in [6.07, 6.45) is 7.14. The van der Waals surface area contributed by atoms with Crippen molar-refractivity contribution < 1.29 is 0 Å². The fourth-order valence-electron chi connectivity index (χ4n) is 1.82. The van der Waals surface area contributed by atoms with Crippen LogP contribution in [0.4, 0.5) is 5.69 Å². The molecule has 0 radical (unpaired) electrons. The average Bonchev–Trinajstić information content (AvgIpc) is 2.72. The lowest BCUT2D eigenvalue weighted by molar-refractivity contribution is 0.638. The van der Waals surface area contributed by atoms with Gasteiger partial charge in [0, 0.05) is 6.04 Å². The molecule has 0 spiro atoms. The van der Waals surface area contributed by atoms with E-state index in [-0.39, 0.29) is 0 Å². The van der Waals surface area contributed by atoms with Gasteiger partial charge in [-0.25, -0.2) is 4.99 Å². The van der Waals surface area contributed by atoms with E-state index >= 15 is 0 Å². The third-order valence-electron chi connectivity index (χ3n) is 2.64. The van der Waals surface area contributed by atoms with Crippen LogP contribution in [0.15, 0.2) is 35.3 Å². The summed E-state index contributed by atoms with van der Waals surface area (Å²) < 4.78 is 0. The zero-order chi connectivity index (χ0) is 9.64. The molecular weight excluding hydrogens is 172 g/mol. The first kappa shape index (κ1) is 9.25. The maximum absolute atomic E-state index is 4.33. The SMILES string of the molecule is C(=N\c1ccccc1)/NC1CCCC1. The van der Waals surface area contributed by atoms with Gasteiger partial charge in [-0.3, -0.25) is 0 Å². The number of benzene rings is 1. The molecule has 0 amide bonds. The highest BCUT2D eigenvalue weighted by molar-refractivity contribution is 5.61. The van der Waals surface area contributed by atoms with Crippen LogP contribution >= 0.6 is 0 Å². The van der Waals surface area contributed by atoms with Crippen LogP contribution in [0.5, 0.6) is 0 Å². The zero-order valence-electron chi connectivity index (χ0n) is 8.32. The van der Waals surface area contributed by atoms with Gasteiger partial charge in [0.1, 0.15) is 0 Å². The topological polar surface area (TPSA) is 24.4 Å². The van der Waals surface area contributed by atoms with Crippen molar-refractivity contribution in [2.45, 2.75) is 31.7 Å². The molecule has 1 aliphatic carbocycles. The minimum Gasteiger partial charge on any atom is -0.373 e. The van der Waals surface area contributed by atoms with Gasteiger partial charge in [0.15, 0.2) is 0 Å². The summed E-state index contributed by atoms with van der Waals surface area (Å²) in [6, 6.07) is 10.7. The van der Waals surface area contributed by atoms with Gasteiger partial charge in [-0.05, 0) is 25.0 Å². The Balaban J connectivity index is 1.82. The fourth-order valence-corrected chi connectivity index (χ4v) is 1.82. The fraction of sp³-hybridized carbons (Fsp3) is 0.417. The van der Waals surface area contributed by atoms with E-state index in [0.29, 0.717) is 6.04 Å². The summed E-state index contributed by atoms with van der Waals surface area (Å²) in [4.78, 5) is 4.33. The first-order chi connectivity index (χ1) is 6.95. The summed E-state index contributed by atoms with van der Waals surface area (Å²) in [5.74, 6) is 0. The van der Waals surface area contributed by atoms with Gasteiger partial charge < -0.3 is 5.32 Å². The van der Waals surface area contributed by atoms with Gasteiger partial charge in [0.05, 0.1) is 12.0 Å². The Hall–Kier alpha value is -1.31. The van der Waals surface area contributed by atoms with Crippen molar-refractivity contribution in [2.75, 3.05) is 0 Å². The Morgan fingerprint density at radius 2 is 1.86 bits per heavy atom. The van der Waals surface area contributed by atoms with Gasteiger partial charge in [-0.15, -0.1) is 0 Å². The van der Waals surface area contributed by atoms with Crippen LogP contribution in [0.2, 0.25) is 0 Å². The van der Waals surface area contributed by atoms with E-state index in [9.17, 15) is 0 Å². The molecule has 0 aromatic heterocycles. The Morgan fingerprint density at radius 3 is 2.57 bits per heavy atom. The Bertz CT molecular complexity index is 286. The van der Waals surface area contributed by atoms with E-state index < -0.39 is 0 Å². The van der Waals surface area contributed by atoms with Crippen molar-refractivity contribution in [1.82, 2.24) is 5.32 Å². The second-order valence-corrected chi connectivity index (χ2v) is 3.74. The van der Waals surface area contributed by atoms with Crippen LogP contribution in [0.3, 0.4) is 0 Å². The van der Waals surface area contributed by atoms with E-state index in [1.165, 1.54) is 25.7 Å². The molecule has 1 aliphatic rings. The third kappa shape index (κ3) is 2.59. The third-order valence-corrected chi connectivity index (χ3v) is 2.64. The first-order valence-corrected chi connectivity index (χ1v) is 5.29. The lowest BCUT2D eigenvalue weighted by Crippen LogP contribution is -2.23. The molecule has 0 aliphatic heterocycles. The summed E-state index contributed by atoms with van der Waals surface area (Å²) in [5.41, 5.74) is 1.01. The lowest BCUT2D eigenvalue weighted by atomic mass is 10.3. The molecule has 1 aromatic rings. The summed E-state index contributed by atoms with van der Waals surface area (Å²) in [5, 5.41) is 3.34. The molecule has 1 aromatic carbocycles. The molecule has 0 bridgehead atoms. The highest BCUT2D eigenvalue weighted by Gasteiger charge is 2.12. The number of hydrogen-bond acceptors (Lipinski definition) is 1. The smallest absolute Gasteiger partial charge is 0.0888 e. The van der Waals surface area contributed by atoms with E-state index in [1.807, 2.05) is 36.7 Å². The molecule has 14 heavy (non-hydrogen) atoms. The number of nitrogens with one attached hydrogen (secondary N) is 1. The minimum atomic E-state index is 0.655. The zero-order valence-corrected chi connectivity index (χ0v) is 8.32. The van der Waals surface area contributed by atoms with Crippen molar-refractivity contribution in [2.24, 2.45) is 4.99 Å². The largest absolute Gasteiger partial charge is 0.373 e. The molecule has 1 fully saturated rings. The van der Waals surface area contributed by atoms with Crippen molar-refractivity contribution in [3.8, 4) is 0 Å². The second kappa shape index (κ2) is 4.80. The lowest BCUT2D eigenvalue weighted by Gasteiger charge is -2.06. The maximum atomic E-state index is 4.33. The number of para-hydroxylation sites is 1. The number of nitrogens with zero attached hydrogens (tertiary/aromatic N) is 1. The van der Waals surface area contributed by atoms with Crippen LogP contribution in [0, 0.1) is 0 Å². The van der Waals surface area contributed by atoms with E-state index in [0.717, 1.165) is 5.69 Å². The molecular formula is C12H16N2. The summed E-state index contributed by atoms with van der Waals surface area (Å²) in [7, 11) is 0. The molecule has 0 atom stereocenters. The monoisotopic (exact) mass is 188 g/mol. The van der Waals surface area contributed by atoms with Crippen LogP contribution in [-0.4, -0.2) is 12.4 Å². The molecule has 0 unspecified atom stereocenters. The van der Waals surface area contributed by atoms with Crippen LogP contribution < -0.4 is 5.32 Å². The van der Waals surface area contributed by atoms with Crippen molar-refractivity contribution in [1.29, 1.82) is 0 Å². The highest BCUT2D eigenvalue weighted by atomic mass is 15.0. The molecule has 2 rings (SSSR count). The summed E-state index contributed by atoms with van der Waals surface area (Å²) >= 11 is 0. The van der Waals surface area contributed by atoms with Gasteiger partial charge in [0.2, 0.25) is 0 Å². The Morgan fingerprint density at radius 1 is 1.14 bits per heavy atom. The average molecular weight is 188 g/mol. The molecule has 0 heterocycles. The molecule has 2 nitrogen and oxygen atoms in total. The summed E-state index contributed by atoms with van der Waals surface area (Å²) in [6.45, 7) is 0. The van der Waals surface area contributed by atoms with Crippen molar-refractivity contribution in [3.63, 3.8) is 0 Å². The van der Waals surface area contributed by atoms with Gasteiger partial charge in [-0.2, -0.15) is 0 Å². The van der Waals surface area contributed by atoms with E-state index in [4.69, 9.17) is 0 Å².